The Bertz CT molecular complexity index is 1060. The van der Waals surface area contributed by atoms with Crippen LogP contribution in [0.5, 0.6) is 0 Å². The van der Waals surface area contributed by atoms with E-state index in [1.165, 1.54) is 0 Å². The molecule has 2 aromatic carbocycles. The maximum absolute atomic E-state index is 11.9. The molecular formula is C20H14N2O2. The number of aryl methyl sites for hydroxylation is 2. The molecule has 24 heavy (non-hydrogen) atoms. The van der Waals surface area contributed by atoms with E-state index < -0.39 is 0 Å². The Morgan fingerprint density at radius 1 is 0.667 bits per heavy atom. The summed E-state index contributed by atoms with van der Waals surface area (Å²) in [5.74, 6) is 0. The van der Waals surface area contributed by atoms with Crippen LogP contribution in [0.15, 0.2) is 48.5 Å². The van der Waals surface area contributed by atoms with Crippen molar-refractivity contribution in [2.45, 2.75) is 13.1 Å². The monoisotopic (exact) mass is 314 g/mol. The fourth-order valence-electron chi connectivity index (χ4n) is 4.07. The molecule has 0 spiro atoms. The van der Waals surface area contributed by atoms with Crippen LogP contribution in [0.4, 0.5) is 0 Å². The molecule has 0 unspecified atom stereocenters. The number of carbonyl (C=O) groups excluding carboxylic acids is 2. The minimum Gasteiger partial charge on any atom is -0.337 e. The molecule has 116 valence electrons. The van der Waals surface area contributed by atoms with Gasteiger partial charge >= 0.3 is 0 Å². The first-order chi connectivity index (χ1) is 11.8. The summed E-state index contributed by atoms with van der Waals surface area (Å²) in [7, 11) is 0. The van der Waals surface area contributed by atoms with E-state index in [0.717, 1.165) is 58.9 Å². The Morgan fingerprint density at radius 2 is 1.08 bits per heavy atom. The van der Waals surface area contributed by atoms with Gasteiger partial charge < -0.3 is 9.13 Å². The number of para-hydroxylation sites is 2. The summed E-state index contributed by atoms with van der Waals surface area (Å²) in [4.78, 5) is 23.7. The van der Waals surface area contributed by atoms with Crippen LogP contribution in [0.2, 0.25) is 0 Å². The molecule has 0 radical (unpaired) electrons. The molecule has 0 fully saturated rings. The highest BCUT2D eigenvalue weighted by molar-refractivity contribution is 6.11. The summed E-state index contributed by atoms with van der Waals surface area (Å²) in [5, 5.41) is 1.89. The van der Waals surface area contributed by atoms with E-state index >= 15 is 0 Å². The fraction of sp³-hybridized carbons (Fsp3) is 0.100. The third-order valence-electron chi connectivity index (χ3n) is 5.03. The van der Waals surface area contributed by atoms with Crippen molar-refractivity contribution in [3.63, 3.8) is 0 Å². The maximum atomic E-state index is 11.9. The molecule has 0 N–H and O–H groups in total. The van der Waals surface area contributed by atoms with Gasteiger partial charge in [-0.25, -0.2) is 0 Å². The highest BCUT2D eigenvalue weighted by atomic mass is 16.1. The van der Waals surface area contributed by atoms with Gasteiger partial charge in [-0.3, -0.25) is 9.59 Å². The summed E-state index contributed by atoms with van der Waals surface area (Å²) in [6, 6.07) is 15.9. The van der Waals surface area contributed by atoms with Gasteiger partial charge in [0.2, 0.25) is 0 Å². The first-order valence-corrected chi connectivity index (χ1v) is 7.98. The van der Waals surface area contributed by atoms with E-state index in [1.807, 2.05) is 48.5 Å². The molecule has 1 aliphatic rings. The van der Waals surface area contributed by atoms with Crippen molar-refractivity contribution in [3.8, 4) is 11.4 Å². The lowest BCUT2D eigenvalue weighted by atomic mass is 10.1. The third-order valence-corrected chi connectivity index (χ3v) is 5.03. The van der Waals surface area contributed by atoms with Crippen molar-refractivity contribution in [1.82, 2.24) is 9.13 Å². The van der Waals surface area contributed by atoms with Gasteiger partial charge in [-0.05, 0) is 12.1 Å². The predicted octanol–water partition coefficient (Wildman–Crippen LogP) is 3.90. The number of rotatable bonds is 2. The fourth-order valence-corrected chi connectivity index (χ4v) is 4.07. The van der Waals surface area contributed by atoms with Gasteiger partial charge in [0.1, 0.15) is 0 Å². The minimum absolute atomic E-state index is 0.664. The van der Waals surface area contributed by atoms with Crippen molar-refractivity contribution < 1.29 is 9.59 Å². The van der Waals surface area contributed by atoms with E-state index in [1.54, 1.807) is 0 Å². The molecule has 0 bridgehead atoms. The molecule has 1 aliphatic heterocycles. The second-order valence-electron chi connectivity index (χ2n) is 6.10. The standard InChI is InChI=1S/C20H14N2O2/c23-11-15-13-5-1-3-7-17(13)21-9-10-22-18-8-4-2-6-14(18)16(12-24)20(22)19(15)21/h1-8,11-12H,9-10H2. The Balaban J connectivity index is 2.02. The zero-order valence-electron chi connectivity index (χ0n) is 12.9. The van der Waals surface area contributed by atoms with Gasteiger partial charge in [-0.1, -0.05) is 36.4 Å². The first kappa shape index (κ1) is 13.3. The lowest BCUT2D eigenvalue weighted by Crippen LogP contribution is -2.17. The predicted molar refractivity (Wildman–Crippen MR) is 93.6 cm³/mol. The Hall–Kier alpha value is -3.14. The molecular weight excluding hydrogens is 300 g/mol. The van der Waals surface area contributed by atoms with Crippen LogP contribution in [-0.4, -0.2) is 21.7 Å². The maximum Gasteiger partial charge on any atom is 0.152 e. The van der Waals surface area contributed by atoms with Crippen LogP contribution in [0.3, 0.4) is 0 Å². The first-order valence-electron chi connectivity index (χ1n) is 7.98. The molecule has 5 rings (SSSR count). The number of benzene rings is 2. The third kappa shape index (κ3) is 1.48. The molecule has 3 heterocycles. The molecule has 4 nitrogen and oxygen atoms in total. The van der Waals surface area contributed by atoms with E-state index in [0.29, 0.717) is 11.1 Å². The topological polar surface area (TPSA) is 44.0 Å². The van der Waals surface area contributed by atoms with E-state index in [-0.39, 0.29) is 0 Å². The molecule has 0 aliphatic carbocycles. The van der Waals surface area contributed by atoms with Gasteiger partial charge in [0.25, 0.3) is 0 Å². The van der Waals surface area contributed by atoms with E-state index in [2.05, 4.69) is 9.13 Å². The lowest BCUT2D eigenvalue weighted by molar-refractivity contribution is 0.111. The number of carbonyl (C=O) groups is 2. The molecule has 2 aromatic heterocycles. The van der Waals surface area contributed by atoms with Gasteiger partial charge in [0, 0.05) is 46.0 Å². The summed E-state index contributed by atoms with van der Waals surface area (Å²) >= 11 is 0. The largest absolute Gasteiger partial charge is 0.337 e. The summed E-state index contributed by atoms with van der Waals surface area (Å²) in [6.07, 6.45) is 1.83. The smallest absolute Gasteiger partial charge is 0.152 e. The van der Waals surface area contributed by atoms with E-state index in [9.17, 15) is 9.59 Å². The number of aromatic nitrogens is 2. The lowest BCUT2D eigenvalue weighted by Gasteiger charge is -2.21. The summed E-state index contributed by atoms with van der Waals surface area (Å²) < 4.78 is 4.33. The van der Waals surface area contributed by atoms with Crippen molar-refractivity contribution in [2.75, 3.05) is 0 Å². The SMILES string of the molecule is O=Cc1c2n(c3ccccc13)CCn1c-2c(C=O)c2ccccc21. The van der Waals surface area contributed by atoms with Crippen molar-refractivity contribution in [2.24, 2.45) is 0 Å². The van der Waals surface area contributed by atoms with Gasteiger partial charge in [-0.15, -0.1) is 0 Å². The van der Waals surface area contributed by atoms with Crippen LogP contribution in [0, 0.1) is 0 Å². The summed E-state index contributed by atoms with van der Waals surface area (Å²) in [5.41, 5.74) is 5.13. The number of hydrogen-bond donors (Lipinski definition) is 0. The Morgan fingerprint density at radius 3 is 1.50 bits per heavy atom. The van der Waals surface area contributed by atoms with Crippen LogP contribution >= 0.6 is 0 Å². The molecule has 0 saturated heterocycles. The number of hydrogen-bond acceptors (Lipinski definition) is 2. The zero-order chi connectivity index (χ0) is 16.3. The van der Waals surface area contributed by atoms with Crippen LogP contribution < -0.4 is 0 Å². The Labute approximate surface area is 137 Å². The van der Waals surface area contributed by atoms with Gasteiger partial charge in [-0.2, -0.15) is 0 Å². The van der Waals surface area contributed by atoms with Crippen molar-refractivity contribution in [1.29, 1.82) is 0 Å². The molecule has 4 heteroatoms. The van der Waals surface area contributed by atoms with Gasteiger partial charge in [0.15, 0.2) is 12.6 Å². The summed E-state index contributed by atoms with van der Waals surface area (Å²) in [6.45, 7) is 1.57. The Kier molecular flexibility index (Phi) is 2.59. The van der Waals surface area contributed by atoms with Crippen LogP contribution in [0.1, 0.15) is 20.7 Å². The minimum atomic E-state index is 0.664. The van der Waals surface area contributed by atoms with E-state index in [4.69, 9.17) is 0 Å². The van der Waals surface area contributed by atoms with Gasteiger partial charge in [0.05, 0.1) is 11.4 Å². The number of aldehydes is 2. The van der Waals surface area contributed by atoms with Crippen LogP contribution in [0.25, 0.3) is 33.2 Å². The average molecular weight is 314 g/mol. The quantitative estimate of drug-likeness (QED) is 0.527. The molecule has 0 atom stereocenters. The molecule has 0 amide bonds. The highest BCUT2D eigenvalue weighted by Gasteiger charge is 2.28. The normalized spacial score (nSPS) is 13.0. The van der Waals surface area contributed by atoms with Crippen LogP contribution in [-0.2, 0) is 13.1 Å². The second-order valence-corrected chi connectivity index (χ2v) is 6.10. The number of fused-ring (bicyclic) bond motifs is 7. The molecule has 4 aromatic rings. The number of nitrogens with zero attached hydrogens (tertiary/aromatic N) is 2. The molecule has 0 saturated carbocycles. The second kappa shape index (κ2) is 4.68. The average Bonchev–Trinajstić information content (AvgIpc) is 3.14. The van der Waals surface area contributed by atoms with Crippen molar-refractivity contribution in [3.05, 3.63) is 59.7 Å². The highest BCUT2D eigenvalue weighted by Crippen LogP contribution is 2.41. The van der Waals surface area contributed by atoms with Crippen molar-refractivity contribution >= 4 is 34.4 Å². The zero-order valence-corrected chi connectivity index (χ0v) is 12.9.